The number of amides is 1. The number of carbonyl (C=O) groups excluding carboxylic acids is 1. The van der Waals surface area contributed by atoms with Crippen molar-refractivity contribution in [3.8, 4) is 5.75 Å². The summed E-state index contributed by atoms with van der Waals surface area (Å²) in [5, 5.41) is 2.75. The fourth-order valence-electron chi connectivity index (χ4n) is 2.89. The number of hydrogen-bond acceptors (Lipinski definition) is 6. The monoisotopic (exact) mass is 478 g/mol. The molecule has 0 aliphatic carbocycles. The van der Waals surface area contributed by atoms with Gasteiger partial charge in [-0.25, -0.2) is 13.1 Å². The molecule has 0 spiro atoms. The van der Waals surface area contributed by atoms with Crippen molar-refractivity contribution in [1.82, 2.24) is 4.72 Å². The number of hydrogen-bond donors (Lipinski definition) is 2. The molecule has 0 atom stereocenters. The maximum absolute atomic E-state index is 12.2. The Morgan fingerprint density at radius 2 is 1.77 bits per heavy atom. The number of benzene rings is 2. The van der Waals surface area contributed by atoms with E-state index < -0.39 is 10.0 Å². The molecule has 0 unspecified atom stereocenters. The van der Waals surface area contributed by atoms with E-state index in [-0.39, 0.29) is 24.8 Å². The van der Waals surface area contributed by atoms with Gasteiger partial charge in [0.05, 0.1) is 10.3 Å². The van der Waals surface area contributed by atoms with Crippen LogP contribution in [0.15, 0.2) is 61.2 Å². The Balaban J connectivity index is 1.45. The summed E-state index contributed by atoms with van der Waals surface area (Å²) in [7, 11) is -3.41. The predicted octanol–water partition coefficient (Wildman–Crippen LogP) is 4.18. The molecule has 6 nitrogen and oxygen atoms in total. The van der Waals surface area contributed by atoms with Crippen LogP contribution < -0.4 is 14.8 Å². The summed E-state index contributed by atoms with van der Waals surface area (Å²) in [5.74, 6) is 2.62. The van der Waals surface area contributed by atoms with Crippen molar-refractivity contribution in [2.75, 3.05) is 30.0 Å². The van der Waals surface area contributed by atoms with Gasteiger partial charge in [-0.2, -0.15) is 0 Å². The molecule has 1 fully saturated rings. The molecule has 0 saturated carbocycles. The molecule has 2 aromatic rings. The molecule has 0 aromatic heterocycles. The highest BCUT2D eigenvalue weighted by Gasteiger charge is 2.16. The largest absolute Gasteiger partial charge is 0.484 e. The maximum atomic E-state index is 12.2. The van der Waals surface area contributed by atoms with Gasteiger partial charge >= 0.3 is 0 Å². The van der Waals surface area contributed by atoms with Crippen molar-refractivity contribution in [2.45, 2.75) is 16.8 Å². The average molecular weight is 479 g/mol. The molecule has 3 rings (SSSR count). The van der Waals surface area contributed by atoms with Crippen LogP contribution in [-0.2, 0) is 20.6 Å². The lowest BCUT2D eigenvalue weighted by molar-refractivity contribution is -0.118. The average Bonchev–Trinajstić information content (AvgIpc) is 2.78. The summed E-state index contributed by atoms with van der Waals surface area (Å²) < 4.78 is 32.3. The van der Waals surface area contributed by atoms with Gasteiger partial charge in [-0.1, -0.05) is 30.3 Å². The van der Waals surface area contributed by atoms with Crippen molar-refractivity contribution in [1.29, 1.82) is 0 Å². The first-order chi connectivity index (χ1) is 14.9. The molecule has 0 bridgehead atoms. The smallest absolute Gasteiger partial charge is 0.262 e. The van der Waals surface area contributed by atoms with Crippen molar-refractivity contribution < 1.29 is 17.9 Å². The van der Waals surface area contributed by atoms with E-state index in [9.17, 15) is 13.2 Å². The summed E-state index contributed by atoms with van der Waals surface area (Å²) in [6.07, 6.45) is 2.75. The van der Waals surface area contributed by atoms with Crippen molar-refractivity contribution in [2.24, 2.45) is 0 Å². The van der Waals surface area contributed by atoms with E-state index >= 15 is 0 Å². The first-order valence-corrected chi connectivity index (χ1v) is 13.6. The molecule has 31 heavy (non-hydrogen) atoms. The van der Waals surface area contributed by atoms with Crippen LogP contribution in [-0.4, -0.2) is 39.0 Å². The zero-order chi connectivity index (χ0) is 22.1. The van der Waals surface area contributed by atoms with E-state index in [1.807, 2.05) is 35.7 Å². The third-order valence-electron chi connectivity index (χ3n) is 4.39. The number of ether oxygens (including phenoxy) is 1. The van der Waals surface area contributed by atoms with E-state index in [0.29, 0.717) is 21.6 Å². The minimum Gasteiger partial charge on any atom is -0.484 e. The molecule has 166 valence electrons. The molecule has 1 aliphatic rings. The highest BCUT2D eigenvalue weighted by molar-refractivity contribution is 8.16. The van der Waals surface area contributed by atoms with Gasteiger partial charge in [-0.15, -0.1) is 30.1 Å². The van der Waals surface area contributed by atoms with Gasteiger partial charge in [-0.05, 0) is 53.3 Å². The number of carbonyl (C=O) groups is 1. The molecule has 2 aromatic carbocycles. The summed E-state index contributed by atoms with van der Waals surface area (Å²) in [5.41, 5.74) is 2.48. The molecule has 1 heterocycles. The normalized spacial score (nSPS) is 14.7. The fraction of sp³-hybridized carbons (Fsp3) is 0.318. The van der Waals surface area contributed by atoms with E-state index in [1.165, 1.54) is 29.6 Å². The molecule has 2 N–H and O–H groups in total. The third kappa shape index (κ3) is 7.92. The summed E-state index contributed by atoms with van der Waals surface area (Å²) >= 11 is 3.93. The van der Waals surface area contributed by atoms with E-state index in [1.54, 1.807) is 24.3 Å². The van der Waals surface area contributed by atoms with Crippen LogP contribution in [0.2, 0.25) is 0 Å². The molecule has 9 heteroatoms. The number of rotatable bonds is 10. The fourth-order valence-corrected chi connectivity index (χ4v) is 6.89. The minimum atomic E-state index is -3.41. The van der Waals surface area contributed by atoms with Gasteiger partial charge in [0, 0.05) is 12.2 Å². The molecular weight excluding hydrogens is 452 g/mol. The second-order valence-electron chi connectivity index (χ2n) is 6.93. The summed E-state index contributed by atoms with van der Waals surface area (Å²) in [6, 6.07) is 14.6. The number of thioether (sulfide) groups is 2. The highest BCUT2D eigenvalue weighted by atomic mass is 32.2. The maximum Gasteiger partial charge on any atom is 0.262 e. The quantitative estimate of drug-likeness (QED) is 0.499. The SMILES string of the molecule is C=CCNS(=O)(=O)Cc1ccc(NC(=O)COc2ccc(C3SCCCS3)cc2)cc1. The van der Waals surface area contributed by atoms with Crippen LogP contribution >= 0.6 is 23.5 Å². The van der Waals surface area contributed by atoms with Crippen molar-refractivity contribution in [3.63, 3.8) is 0 Å². The Labute approximate surface area is 192 Å². The lowest BCUT2D eigenvalue weighted by atomic mass is 10.2. The van der Waals surface area contributed by atoms with Crippen molar-refractivity contribution >= 4 is 45.1 Å². The second kappa shape index (κ2) is 11.6. The Bertz CT molecular complexity index is 971. The van der Waals surface area contributed by atoms with E-state index in [2.05, 4.69) is 28.8 Å². The Kier molecular flexibility index (Phi) is 8.89. The number of sulfonamides is 1. The van der Waals surface area contributed by atoms with Gasteiger partial charge in [0.1, 0.15) is 5.75 Å². The minimum absolute atomic E-state index is 0.103. The predicted molar refractivity (Wildman–Crippen MR) is 130 cm³/mol. The topological polar surface area (TPSA) is 84.5 Å². The van der Waals surface area contributed by atoms with Gasteiger partial charge < -0.3 is 10.1 Å². The van der Waals surface area contributed by atoms with Crippen LogP contribution in [0, 0.1) is 0 Å². The molecule has 1 aliphatic heterocycles. The Morgan fingerprint density at radius 1 is 1.10 bits per heavy atom. The van der Waals surface area contributed by atoms with Crippen LogP contribution in [0.5, 0.6) is 5.75 Å². The lowest BCUT2D eigenvalue weighted by Crippen LogP contribution is -2.25. The zero-order valence-corrected chi connectivity index (χ0v) is 19.5. The van der Waals surface area contributed by atoms with Gasteiger partial charge in [0.25, 0.3) is 5.91 Å². The molecule has 1 saturated heterocycles. The van der Waals surface area contributed by atoms with Crippen LogP contribution in [0.4, 0.5) is 5.69 Å². The van der Waals surface area contributed by atoms with Gasteiger partial charge in [0.15, 0.2) is 6.61 Å². The van der Waals surface area contributed by atoms with Gasteiger partial charge in [0.2, 0.25) is 10.0 Å². The van der Waals surface area contributed by atoms with Crippen LogP contribution in [0.25, 0.3) is 0 Å². The first kappa shape index (κ1) is 23.7. The molecular formula is C22H26N2O4S3. The van der Waals surface area contributed by atoms with Crippen LogP contribution in [0.3, 0.4) is 0 Å². The summed E-state index contributed by atoms with van der Waals surface area (Å²) in [6.45, 7) is 3.58. The number of anilines is 1. The van der Waals surface area contributed by atoms with Crippen LogP contribution in [0.1, 0.15) is 22.1 Å². The second-order valence-corrected chi connectivity index (χ2v) is 11.5. The lowest BCUT2D eigenvalue weighted by Gasteiger charge is -2.21. The number of nitrogens with one attached hydrogen (secondary N) is 2. The molecule has 1 amide bonds. The highest BCUT2D eigenvalue weighted by Crippen LogP contribution is 2.43. The summed E-state index contributed by atoms with van der Waals surface area (Å²) in [4.78, 5) is 12.2. The van der Waals surface area contributed by atoms with Crippen molar-refractivity contribution in [3.05, 3.63) is 72.3 Å². The Hall–Kier alpha value is -1.94. The first-order valence-electron chi connectivity index (χ1n) is 9.88. The zero-order valence-electron chi connectivity index (χ0n) is 17.1. The van der Waals surface area contributed by atoms with E-state index in [4.69, 9.17) is 4.74 Å². The Morgan fingerprint density at radius 3 is 2.42 bits per heavy atom. The molecule has 0 radical (unpaired) electrons. The third-order valence-corrected chi connectivity index (χ3v) is 8.73. The standard InChI is InChI=1S/C22H26N2O4S3/c1-2-12-23-31(26,27)16-17-4-8-19(9-5-17)24-21(25)15-28-20-10-6-18(7-11-20)22-29-13-3-14-30-22/h2,4-11,22-23H,1,3,12-16H2,(H,24,25). The van der Waals surface area contributed by atoms with E-state index in [0.717, 1.165) is 0 Å². The van der Waals surface area contributed by atoms with Gasteiger partial charge in [-0.3, -0.25) is 4.79 Å².